The van der Waals surface area contributed by atoms with E-state index in [-0.39, 0.29) is 5.97 Å². The van der Waals surface area contributed by atoms with Crippen LogP contribution < -0.4 is 0 Å². The van der Waals surface area contributed by atoms with Crippen LogP contribution in [0.5, 0.6) is 0 Å². The Bertz CT molecular complexity index is 904. The Balaban J connectivity index is 0.000000454. The van der Waals surface area contributed by atoms with E-state index in [4.69, 9.17) is 0 Å². The highest BCUT2D eigenvalue weighted by molar-refractivity contribution is 5.97. The Labute approximate surface area is 196 Å². The highest BCUT2D eigenvalue weighted by Crippen LogP contribution is 2.23. The SMILES string of the molecule is C=COC(C)=O.C=Cc1ccccc1.C=Cc1ccccc1-c1ccccc1.CCO[Si]. The summed E-state index contributed by atoms with van der Waals surface area (Å²) in [6.45, 7) is 14.6. The molecule has 0 aliphatic heterocycles. The molecule has 3 nitrogen and oxygen atoms in total. The summed E-state index contributed by atoms with van der Waals surface area (Å²) in [7, 11) is 2.79. The molecule has 0 fully saturated rings. The molecule has 0 atom stereocenters. The molecule has 0 saturated heterocycles. The monoisotopic (exact) mass is 443 g/mol. The molecule has 32 heavy (non-hydrogen) atoms. The van der Waals surface area contributed by atoms with Crippen LogP contribution >= 0.6 is 0 Å². The third-order valence-corrected chi connectivity index (χ3v) is 3.98. The Morgan fingerprint density at radius 3 is 1.72 bits per heavy atom. The van der Waals surface area contributed by atoms with Gasteiger partial charge in [0, 0.05) is 13.5 Å². The number of ether oxygens (including phenoxy) is 1. The normalized spacial score (nSPS) is 8.59. The average Bonchev–Trinajstić information content (AvgIpc) is 2.86. The molecule has 0 aliphatic rings. The summed E-state index contributed by atoms with van der Waals surface area (Å²) in [6, 6.07) is 28.7. The summed E-state index contributed by atoms with van der Waals surface area (Å²) >= 11 is 0. The molecule has 0 N–H and O–H groups in total. The van der Waals surface area contributed by atoms with E-state index < -0.39 is 0 Å². The van der Waals surface area contributed by atoms with Gasteiger partial charge in [-0.2, -0.15) is 0 Å². The van der Waals surface area contributed by atoms with E-state index in [0.717, 1.165) is 12.9 Å². The van der Waals surface area contributed by atoms with E-state index in [0.29, 0.717) is 0 Å². The number of benzene rings is 3. The van der Waals surface area contributed by atoms with Crippen LogP contribution in [0.25, 0.3) is 23.3 Å². The zero-order valence-electron chi connectivity index (χ0n) is 18.9. The molecule has 0 heterocycles. The van der Waals surface area contributed by atoms with Gasteiger partial charge in [-0.1, -0.05) is 117 Å². The molecule has 0 unspecified atom stereocenters. The molecule has 0 amide bonds. The summed E-state index contributed by atoms with van der Waals surface area (Å²) in [5, 5.41) is 0. The van der Waals surface area contributed by atoms with E-state index >= 15 is 0 Å². The van der Waals surface area contributed by atoms with Crippen LogP contribution in [0.2, 0.25) is 0 Å². The van der Waals surface area contributed by atoms with Gasteiger partial charge in [0.05, 0.1) is 6.26 Å². The quantitative estimate of drug-likeness (QED) is 0.239. The van der Waals surface area contributed by atoms with Gasteiger partial charge in [-0.05, 0) is 29.2 Å². The average molecular weight is 444 g/mol. The summed E-state index contributed by atoms with van der Waals surface area (Å²) in [5.74, 6) is -0.329. The summed E-state index contributed by atoms with van der Waals surface area (Å²) in [5.41, 5.74) is 4.83. The van der Waals surface area contributed by atoms with Crippen molar-refractivity contribution in [2.75, 3.05) is 6.61 Å². The standard InChI is InChI=1S/C14H12.C8H8.C4H6O2.C2H5OSi/c1-2-12-8-6-7-11-14(12)13-9-4-3-5-10-13;1-2-8-6-4-3-5-7-8;1-3-6-4(2)5;1-2-3-4/h2-11H,1H2;2-7H,1H2;3H,1H2,2H3;2H2,1H3. The number of hydrogen-bond acceptors (Lipinski definition) is 3. The van der Waals surface area contributed by atoms with Crippen molar-refractivity contribution in [3.8, 4) is 11.1 Å². The van der Waals surface area contributed by atoms with Gasteiger partial charge in [-0.15, -0.1) is 0 Å². The fourth-order valence-electron chi connectivity index (χ4n) is 2.26. The molecule has 3 aromatic carbocycles. The molecular formula is C28H31O3Si. The lowest BCUT2D eigenvalue weighted by Gasteiger charge is -2.04. The lowest BCUT2D eigenvalue weighted by atomic mass is 10.00. The van der Waals surface area contributed by atoms with Crippen molar-refractivity contribution in [1.29, 1.82) is 0 Å². The van der Waals surface area contributed by atoms with E-state index in [2.05, 4.69) is 81.9 Å². The van der Waals surface area contributed by atoms with Gasteiger partial charge >= 0.3 is 5.97 Å². The number of rotatable bonds is 5. The Morgan fingerprint density at radius 1 is 0.844 bits per heavy atom. The summed E-state index contributed by atoms with van der Waals surface area (Å²) in [6.07, 6.45) is 4.82. The Hall–Kier alpha value is -3.47. The topological polar surface area (TPSA) is 35.5 Å². The largest absolute Gasteiger partial charge is 0.435 e. The zero-order valence-corrected chi connectivity index (χ0v) is 19.9. The van der Waals surface area contributed by atoms with Gasteiger partial charge in [-0.25, -0.2) is 0 Å². The van der Waals surface area contributed by atoms with Crippen molar-refractivity contribution < 1.29 is 14.0 Å². The van der Waals surface area contributed by atoms with E-state index in [9.17, 15) is 4.79 Å². The van der Waals surface area contributed by atoms with E-state index in [1.807, 2.05) is 61.5 Å². The van der Waals surface area contributed by atoms with Crippen LogP contribution in [0.3, 0.4) is 0 Å². The van der Waals surface area contributed by atoms with Crippen LogP contribution in [-0.4, -0.2) is 23.1 Å². The minimum Gasteiger partial charge on any atom is -0.435 e. The molecule has 165 valence electrons. The number of carbonyl (C=O) groups excluding carboxylic acids is 1. The van der Waals surface area contributed by atoms with Gasteiger partial charge in [0.2, 0.25) is 10.5 Å². The third kappa shape index (κ3) is 13.7. The molecule has 0 aliphatic carbocycles. The maximum atomic E-state index is 9.75. The van der Waals surface area contributed by atoms with Crippen LogP contribution in [0.1, 0.15) is 25.0 Å². The van der Waals surface area contributed by atoms with Gasteiger partial charge in [0.25, 0.3) is 0 Å². The first kappa shape index (κ1) is 28.5. The van der Waals surface area contributed by atoms with Gasteiger partial charge in [0.1, 0.15) is 0 Å². The van der Waals surface area contributed by atoms with Crippen molar-refractivity contribution in [2.45, 2.75) is 13.8 Å². The second kappa shape index (κ2) is 19.5. The predicted octanol–water partition coefficient (Wildman–Crippen LogP) is 7.13. The van der Waals surface area contributed by atoms with Crippen molar-refractivity contribution in [3.05, 3.63) is 122 Å². The molecular weight excluding hydrogens is 412 g/mol. The first-order valence-electron chi connectivity index (χ1n) is 10.0. The second-order valence-corrected chi connectivity index (χ2v) is 6.27. The Kier molecular flexibility index (Phi) is 17.4. The minimum atomic E-state index is -0.329. The highest BCUT2D eigenvalue weighted by atomic mass is 28.2. The van der Waals surface area contributed by atoms with Crippen LogP contribution in [-0.2, 0) is 14.0 Å². The zero-order chi connectivity index (χ0) is 24.0. The highest BCUT2D eigenvalue weighted by Gasteiger charge is 1.99. The molecule has 3 rings (SSSR count). The van der Waals surface area contributed by atoms with Crippen molar-refractivity contribution >= 4 is 28.6 Å². The molecule has 0 saturated carbocycles. The lowest BCUT2D eigenvalue weighted by molar-refractivity contribution is -0.135. The minimum absolute atomic E-state index is 0.329. The number of esters is 1. The van der Waals surface area contributed by atoms with Crippen LogP contribution in [0.15, 0.2) is 111 Å². The molecule has 4 heteroatoms. The lowest BCUT2D eigenvalue weighted by Crippen LogP contribution is -1.87. The van der Waals surface area contributed by atoms with Crippen molar-refractivity contribution in [3.63, 3.8) is 0 Å². The summed E-state index contributed by atoms with van der Waals surface area (Å²) < 4.78 is 8.51. The predicted molar refractivity (Wildman–Crippen MR) is 138 cm³/mol. The number of hydrogen-bond donors (Lipinski definition) is 0. The molecule has 3 radical (unpaired) electrons. The van der Waals surface area contributed by atoms with Gasteiger partial charge < -0.3 is 9.16 Å². The smallest absolute Gasteiger partial charge is 0.307 e. The first-order chi connectivity index (χ1) is 15.5. The molecule has 0 spiro atoms. The molecule has 3 aromatic rings. The third-order valence-electron chi connectivity index (χ3n) is 3.69. The maximum absolute atomic E-state index is 9.75. The number of carbonyl (C=O) groups is 1. The molecule has 0 aromatic heterocycles. The van der Waals surface area contributed by atoms with Crippen molar-refractivity contribution in [2.24, 2.45) is 0 Å². The Morgan fingerprint density at radius 2 is 1.34 bits per heavy atom. The fraction of sp³-hybridized carbons (Fsp3) is 0.107. The fourth-order valence-corrected chi connectivity index (χ4v) is 2.26. The van der Waals surface area contributed by atoms with Gasteiger partial charge in [-0.3, -0.25) is 4.79 Å². The van der Waals surface area contributed by atoms with Gasteiger partial charge in [0.15, 0.2) is 0 Å². The van der Waals surface area contributed by atoms with Crippen LogP contribution in [0.4, 0.5) is 0 Å². The first-order valence-corrected chi connectivity index (χ1v) is 10.5. The van der Waals surface area contributed by atoms with E-state index in [1.165, 1.54) is 29.2 Å². The van der Waals surface area contributed by atoms with E-state index in [1.54, 1.807) is 0 Å². The maximum Gasteiger partial charge on any atom is 0.307 e. The van der Waals surface area contributed by atoms with Crippen molar-refractivity contribution in [1.82, 2.24) is 0 Å². The summed E-state index contributed by atoms with van der Waals surface area (Å²) in [4.78, 5) is 9.75. The second-order valence-electron chi connectivity index (χ2n) is 5.98. The van der Waals surface area contributed by atoms with Crippen LogP contribution in [0, 0.1) is 0 Å². The molecule has 0 bridgehead atoms.